The maximum Gasteiger partial charge on any atom is 0.215 e. The van der Waals surface area contributed by atoms with Gasteiger partial charge in [0.15, 0.2) is 11.5 Å². The van der Waals surface area contributed by atoms with Crippen molar-refractivity contribution in [3.05, 3.63) is 72.1 Å². The molecular weight excluding hydrogens is 290 g/mol. The largest absolute Gasteiger partial charge is 0.497 e. The number of hydrogen-bond donors (Lipinski definition) is 1. The highest BCUT2D eigenvalue weighted by molar-refractivity contribution is 6.10. The van der Waals surface area contributed by atoms with E-state index < -0.39 is 0 Å². The third kappa shape index (κ3) is 3.03. The Bertz CT molecular complexity index is 831. The van der Waals surface area contributed by atoms with Gasteiger partial charge in [0.2, 0.25) is 5.78 Å². The van der Waals surface area contributed by atoms with E-state index in [1.807, 2.05) is 30.3 Å². The quantitative estimate of drug-likeness (QED) is 0.750. The van der Waals surface area contributed by atoms with Crippen molar-refractivity contribution < 1.29 is 9.53 Å². The molecule has 2 aromatic carbocycles. The van der Waals surface area contributed by atoms with Crippen molar-refractivity contribution in [3.63, 3.8) is 0 Å². The van der Waals surface area contributed by atoms with Crippen molar-refractivity contribution in [2.75, 3.05) is 12.8 Å². The summed E-state index contributed by atoms with van der Waals surface area (Å²) in [6, 6.07) is 16.3. The molecule has 2 N–H and O–H groups in total. The second kappa shape index (κ2) is 6.27. The molecule has 0 fully saturated rings. The Hall–Kier alpha value is -3.21. The highest BCUT2D eigenvalue weighted by atomic mass is 16.5. The number of ether oxygens (including phenoxy) is 1. The number of benzene rings is 2. The molecular formula is C18H15N3O2. The van der Waals surface area contributed by atoms with Gasteiger partial charge in [-0.3, -0.25) is 4.79 Å². The molecule has 3 aromatic rings. The molecule has 0 amide bonds. The first-order valence-electron chi connectivity index (χ1n) is 7.05. The molecule has 0 atom stereocenters. The molecule has 1 aromatic heterocycles. The molecule has 3 rings (SSSR count). The standard InChI is InChI=1S/C18H15N3O2/c1-23-14-9-7-12(8-10-14)15-11-20-18(19)16(21-15)17(22)13-5-3-2-4-6-13/h2-11H,1H3,(H2,19,20). The third-order valence-corrected chi connectivity index (χ3v) is 3.44. The number of nitrogen functional groups attached to an aromatic ring is 1. The molecule has 0 unspecified atom stereocenters. The van der Waals surface area contributed by atoms with Gasteiger partial charge in [0.25, 0.3) is 0 Å². The Morgan fingerprint density at radius 3 is 2.39 bits per heavy atom. The highest BCUT2D eigenvalue weighted by Gasteiger charge is 2.16. The minimum atomic E-state index is -0.244. The van der Waals surface area contributed by atoms with Crippen LogP contribution < -0.4 is 10.5 Å². The van der Waals surface area contributed by atoms with Crippen LogP contribution in [0.5, 0.6) is 5.75 Å². The average Bonchev–Trinajstić information content (AvgIpc) is 2.62. The average molecular weight is 305 g/mol. The van der Waals surface area contributed by atoms with Gasteiger partial charge < -0.3 is 10.5 Å². The minimum absolute atomic E-state index is 0.121. The number of aromatic nitrogens is 2. The Morgan fingerprint density at radius 2 is 1.74 bits per heavy atom. The van der Waals surface area contributed by atoms with Crippen molar-refractivity contribution >= 4 is 11.6 Å². The first-order chi connectivity index (χ1) is 11.2. The van der Waals surface area contributed by atoms with Gasteiger partial charge in [0.05, 0.1) is 19.0 Å². The number of carbonyl (C=O) groups is 1. The van der Waals surface area contributed by atoms with Crippen LogP contribution in [0.1, 0.15) is 16.1 Å². The molecule has 23 heavy (non-hydrogen) atoms. The van der Waals surface area contributed by atoms with Crippen LogP contribution in [0.2, 0.25) is 0 Å². The van der Waals surface area contributed by atoms with Crippen LogP contribution in [0.4, 0.5) is 5.82 Å². The molecule has 0 saturated carbocycles. The normalized spacial score (nSPS) is 10.3. The van der Waals surface area contributed by atoms with Gasteiger partial charge in [-0.15, -0.1) is 0 Å². The predicted octanol–water partition coefficient (Wildman–Crippen LogP) is 2.97. The first kappa shape index (κ1) is 14.7. The number of hydrogen-bond acceptors (Lipinski definition) is 5. The van der Waals surface area contributed by atoms with Crippen LogP contribution in [0.3, 0.4) is 0 Å². The summed E-state index contributed by atoms with van der Waals surface area (Å²) in [7, 11) is 1.61. The summed E-state index contributed by atoms with van der Waals surface area (Å²) >= 11 is 0. The van der Waals surface area contributed by atoms with Gasteiger partial charge in [-0.05, 0) is 24.3 Å². The zero-order chi connectivity index (χ0) is 16.2. The van der Waals surface area contributed by atoms with Crippen molar-refractivity contribution in [3.8, 4) is 17.0 Å². The predicted molar refractivity (Wildman–Crippen MR) is 88.3 cm³/mol. The molecule has 1 heterocycles. The van der Waals surface area contributed by atoms with Crippen molar-refractivity contribution in [1.29, 1.82) is 0 Å². The van der Waals surface area contributed by atoms with E-state index in [1.165, 1.54) is 0 Å². The van der Waals surface area contributed by atoms with Crippen LogP contribution in [0.15, 0.2) is 60.8 Å². The molecule has 0 aliphatic heterocycles. The Balaban J connectivity index is 2.00. The fourth-order valence-corrected chi connectivity index (χ4v) is 2.19. The van der Waals surface area contributed by atoms with Crippen molar-refractivity contribution in [1.82, 2.24) is 9.97 Å². The van der Waals surface area contributed by atoms with Crippen LogP contribution >= 0.6 is 0 Å². The van der Waals surface area contributed by atoms with Gasteiger partial charge in [0, 0.05) is 11.1 Å². The smallest absolute Gasteiger partial charge is 0.215 e. The number of nitrogens with zero attached hydrogens (tertiary/aromatic N) is 2. The molecule has 0 aliphatic rings. The zero-order valence-corrected chi connectivity index (χ0v) is 12.6. The van der Waals surface area contributed by atoms with Crippen LogP contribution in [-0.2, 0) is 0 Å². The molecule has 0 aliphatic carbocycles. The van der Waals surface area contributed by atoms with Crippen LogP contribution in [0.25, 0.3) is 11.3 Å². The third-order valence-electron chi connectivity index (χ3n) is 3.44. The molecule has 114 valence electrons. The van der Waals surface area contributed by atoms with E-state index in [9.17, 15) is 4.79 Å². The highest BCUT2D eigenvalue weighted by Crippen LogP contribution is 2.22. The number of carbonyl (C=O) groups excluding carboxylic acids is 1. The molecule has 0 radical (unpaired) electrons. The van der Waals surface area contributed by atoms with Crippen LogP contribution in [0, 0.1) is 0 Å². The van der Waals surface area contributed by atoms with Gasteiger partial charge in [-0.2, -0.15) is 0 Å². The van der Waals surface area contributed by atoms with Gasteiger partial charge in [-0.25, -0.2) is 9.97 Å². The van der Waals surface area contributed by atoms with Gasteiger partial charge >= 0.3 is 0 Å². The monoisotopic (exact) mass is 305 g/mol. The number of nitrogens with two attached hydrogens (primary N) is 1. The summed E-state index contributed by atoms with van der Waals surface area (Å²) in [6.07, 6.45) is 1.55. The molecule has 0 bridgehead atoms. The Labute approximate surface area is 133 Å². The van der Waals surface area contributed by atoms with E-state index in [-0.39, 0.29) is 17.3 Å². The number of rotatable bonds is 4. The summed E-state index contributed by atoms with van der Waals surface area (Å²) in [5.74, 6) is 0.625. The fourth-order valence-electron chi connectivity index (χ4n) is 2.19. The Kier molecular flexibility index (Phi) is 4.01. The molecule has 0 spiro atoms. The molecule has 0 saturated heterocycles. The second-order valence-electron chi connectivity index (χ2n) is 4.91. The lowest BCUT2D eigenvalue weighted by molar-refractivity contribution is 0.103. The Morgan fingerprint density at radius 1 is 1.04 bits per heavy atom. The lowest BCUT2D eigenvalue weighted by Crippen LogP contribution is -2.10. The van der Waals surface area contributed by atoms with E-state index in [1.54, 1.807) is 37.6 Å². The second-order valence-corrected chi connectivity index (χ2v) is 4.91. The van der Waals surface area contributed by atoms with Crippen molar-refractivity contribution in [2.24, 2.45) is 0 Å². The van der Waals surface area contributed by atoms with E-state index in [0.29, 0.717) is 11.3 Å². The SMILES string of the molecule is COc1ccc(-c2cnc(N)c(C(=O)c3ccccc3)n2)cc1. The molecule has 5 heteroatoms. The number of methoxy groups -OCH3 is 1. The maximum atomic E-state index is 12.5. The lowest BCUT2D eigenvalue weighted by Gasteiger charge is -2.07. The molecule has 5 nitrogen and oxygen atoms in total. The minimum Gasteiger partial charge on any atom is -0.497 e. The van der Waals surface area contributed by atoms with E-state index in [0.717, 1.165) is 11.3 Å². The first-order valence-corrected chi connectivity index (χ1v) is 7.05. The topological polar surface area (TPSA) is 78.1 Å². The summed E-state index contributed by atoms with van der Waals surface area (Å²) in [5.41, 5.74) is 7.94. The van der Waals surface area contributed by atoms with E-state index >= 15 is 0 Å². The number of ketones is 1. The summed E-state index contributed by atoms with van der Waals surface area (Å²) in [6.45, 7) is 0. The zero-order valence-electron chi connectivity index (χ0n) is 12.6. The lowest BCUT2D eigenvalue weighted by atomic mass is 10.1. The summed E-state index contributed by atoms with van der Waals surface area (Å²) in [5, 5.41) is 0. The van der Waals surface area contributed by atoms with E-state index in [2.05, 4.69) is 9.97 Å². The van der Waals surface area contributed by atoms with E-state index in [4.69, 9.17) is 10.5 Å². The summed E-state index contributed by atoms with van der Waals surface area (Å²) < 4.78 is 5.13. The fraction of sp³-hybridized carbons (Fsp3) is 0.0556. The van der Waals surface area contributed by atoms with Crippen molar-refractivity contribution in [2.45, 2.75) is 0 Å². The number of anilines is 1. The van der Waals surface area contributed by atoms with Crippen LogP contribution in [-0.4, -0.2) is 22.9 Å². The van der Waals surface area contributed by atoms with Gasteiger partial charge in [0.1, 0.15) is 5.75 Å². The summed E-state index contributed by atoms with van der Waals surface area (Å²) in [4.78, 5) is 21.1. The van der Waals surface area contributed by atoms with Gasteiger partial charge in [-0.1, -0.05) is 30.3 Å². The maximum absolute atomic E-state index is 12.5.